The molecule has 1 N–H and O–H groups in total. The van der Waals surface area contributed by atoms with Crippen LogP contribution in [0.3, 0.4) is 0 Å². The summed E-state index contributed by atoms with van der Waals surface area (Å²) in [5.74, 6) is 1.18. The second kappa shape index (κ2) is 2.62. The normalized spacial score (nSPS) is 35.6. The van der Waals surface area contributed by atoms with Gasteiger partial charge in [0.25, 0.3) is 0 Å². The van der Waals surface area contributed by atoms with Gasteiger partial charge in [0.2, 0.25) is 0 Å². The molecule has 0 saturated carbocycles. The Labute approximate surface area is 71.8 Å². The van der Waals surface area contributed by atoms with Crippen LogP contribution < -0.4 is 0 Å². The fourth-order valence-electron chi connectivity index (χ4n) is 2.38. The highest BCUT2D eigenvalue weighted by atomic mass is 16.4. The molecule has 0 spiro atoms. The maximum absolute atomic E-state index is 10.6. The van der Waals surface area contributed by atoms with Gasteiger partial charge in [0, 0.05) is 26.2 Å². The van der Waals surface area contributed by atoms with Crippen LogP contribution in [0, 0.1) is 11.8 Å². The van der Waals surface area contributed by atoms with E-state index in [9.17, 15) is 4.79 Å². The molecular formula is C8H14N2O2. The number of likely N-dealkylation sites (tertiary alicyclic amines) is 2. The van der Waals surface area contributed by atoms with Crippen LogP contribution in [0.15, 0.2) is 0 Å². The summed E-state index contributed by atoms with van der Waals surface area (Å²) in [6, 6.07) is 0. The molecule has 0 radical (unpaired) electrons. The highest BCUT2D eigenvalue weighted by Gasteiger charge is 2.40. The first-order chi connectivity index (χ1) is 5.66. The first kappa shape index (κ1) is 7.86. The van der Waals surface area contributed by atoms with Gasteiger partial charge in [-0.05, 0) is 18.9 Å². The minimum atomic E-state index is -0.757. The van der Waals surface area contributed by atoms with Crippen molar-refractivity contribution in [3.8, 4) is 0 Å². The Morgan fingerprint density at radius 1 is 1.25 bits per heavy atom. The third kappa shape index (κ3) is 1.16. The van der Waals surface area contributed by atoms with Crippen LogP contribution in [-0.4, -0.2) is 54.2 Å². The lowest BCUT2D eigenvalue weighted by Crippen LogP contribution is -2.30. The molecule has 2 fully saturated rings. The average molecular weight is 170 g/mol. The summed E-state index contributed by atoms with van der Waals surface area (Å²) < 4.78 is 0. The third-order valence-electron chi connectivity index (χ3n) is 2.94. The number of hydrogen-bond donors (Lipinski definition) is 1. The van der Waals surface area contributed by atoms with Crippen molar-refractivity contribution in [2.24, 2.45) is 11.8 Å². The maximum Gasteiger partial charge on any atom is 0.407 e. The molecule has 0 bridgehead atoms. The Balaban J connectivity index is 1.98. The number of hydrogen-bond acceptors (Lipinski definition) is 2. The van der Waals surface area contributed by atoms with Crippen LogP contribution in [-0.2, 0) is 0 Å². The van der Waals surface area contributed by atoms with E-state index < -0.39 is 6.09 Å². The number of amides is 1. The fourth-order valence-corrected chi connectivity index (χ4v) is 2.38. The van der Waals surface area contributed by atoms with Crippen molar-refractivity contribution < 1.29 is 9.90 Å². The molecule has 2 unspecified atom stereocenters. The van der Waals surface area contributed by atoms with E-state index >= 15 is 0 Å². The van der Waals surface area contributed by atoms with Crippen molar-refractivity contribution >= 4 is 6.09 Å². The quantitative estimate of drug-likeness (QED) is 0.563. The number of carboxylic acid groups (broad SMARTS) is 1. The minimum Gasteiger partial charge on any atom is -0.465 e. The van der Waals surface area contributed by atoms with Gasteiger partial charge < -0.3 is 14.9 Å². The van der Waals surface area contributed by atoms with Crippen molar-refractivity contribution in [3.05, 3.63) is 0 Å². The molecule has 4 heteroatoms. The molecule has 2 atom stereocenters. The van der Waals surface area contributed by atoms with Crippen molar-refractivity contribution in [3.63, 3.8) is 0 Å². The molecule has 1 amide bonds. The molecule has 2 aliphatic rings. The van der Waals surface area contributed by atoms with Crippen LogP contribution >= 0.6 is 0 Å². The zero-order valence-electron chi connectivity index (χ0n) is 7.23. The Kier molecular flexibility index (Phi) is 1.72. The second-order valence-electron chi connectivity index (χ2n) is 3.93. The smallest absolute Gasteiger partial charge is 0.407 e. The second-order valence-corrected chi connectivity index (χ2v) is 3.93. The molecule has 0 aromatic carbocycles. The number of rotatable bonds is 0. The predicted molar refractivity (Wildman–Crippen MR) is 44.1 cm³/mol. The third-order valence-corrected chi connectivity index (χ3v) is 2.94. The zero-order chi connectivity index (χ0) is 8.72. The van der Waals surface area contributed by atoms with E-state index in [2.05, 4.69) is 11.9 Å². The van der Waals surface area contributed by atoms with Crippen molar-refractivity contribution in [2.75, 3.05) is 33.2 Å². The summed E-state index contributed by atoms with van der Waals surface area (Å²) in [5.41, 5.74) is 0. The monoisotopic (exact) mass is 170 g/mol. The summed E-state index contributed by atoms with van der Waals surface area (Å²) in [6.07, 6.45) is -0.757. The van der Waals surface area contributed by atoms with E-state index in [0.29, 0.717) is 11.8 Å². The predicted octanol–water partition coefficient (Wildman–Crippen LogP) is 0.158. The van der Waals surface area contributed by atoms with E-state index in [0.717, 1.165) is 26.2 Å². The van der Waals surface area contributed by atoms with Crippen LogP contribution in [0.5, 0.6) is 0 Å². The SMILES string of the molecule is CN1CC2CN(C(=O)O)CC2C1. The molecule has 4 nitrogen and oxygen atoms in total. The Morgan fingerprint density at radius 3 is 2.17 bits per heavy atom. The van der Waals surface area contributed by atoms with Gasteiger partial charge in [0.15, 0.2) is 0 Å². The Bertz CT molecular complexity index is 193. The first-order valence-electron chi connectivity index (χ1n) is 4.33. The van der Waals surface area contributed by atoms with Crippen molar-refractivity contribution in [1.82, 2.24) is 9.80 Å². The zero-order valence-corrected chi connectivity index (χ0v) is 7.23. The lowest BCUT2D eigenvalue weighted by atomic mass is 10.0. The Morgan fingerprint density at radius 2 is 1.75 bits per heavy atom. The highest BCUT2D eigenvalue weighted by molar-refractivity contribution is 5.65. The van der Waals surface area contributed by atoms with Gasteiger partial charge >= 0.3 is 6.09 Å². The van der Waals surface area contributed by atoms with E-state index in [1.807, 2.05) is 0 Å². The first-order valence-corrected chi connectivity index (χ1v) is 4.33. The molecule has 2 saturated heterocycles. The lowest BCUT2D eigenvalue weighted by molar-refractivity contribution is 0.150. The maximum atomic E-state index is 10.6. The number of carbonyl (C=O) groups is 1. The van der Waals surface area contributed by atoms with Gasteiger partial charge in [-0.25, -0.2) is 4.79 Å². The summed E-state index contributed by atoms with van der Waals surface area (Å²) in [4.78, 5) is 14.5. The van der Waals surface area contributed by atoms with Gasteiger partial charge in [-0.3, -0.25) is 0 Å². The van der Waals surface area contributed by atoms with Crippen molar-refractivity contribution in [2.45, 2.75) is 0 Å². The topological polar surface area (TPSA) is 43.8 Å². The van der Waals surface area contributed by atoms with Crippen LogP contribution in [0.2, 0.25) is 0 Å². The van der Waals surface area contributed by atoms with Gasteiger partial charge in [0.05, 0.1) is 0 Å². The van der Waals surface area contributed by atoms with E-state index in [-0.39, 0.29) is 0 Å². The fraction of sp³-hybridized carbons (Fsp3) is 0.875. The molecule has 68 valence electrons. The average Bonchev–Trinajstić information content (AvgIpc) is 2.42. The number of fused-ring (bicyclic) bond motifs is 1. The molecule has 0 aromatic heterocycles. The van der Waals surface area contributed by atoms with E-state index in [1.54, 1.807) is 4.90 Å². The van der Waals surface area contributed by atoms with Gasteiger partial charge in [-0.1, -0.05) is 0 Å². The minimum absolute atomic E-state index is 0.589. The summed E-state index contributed by atoms with van der Waals surface area (Å²) >= 11 is 0. The molecule has 2 rings (SSSR count). The molecule has 12 heavy (non-hydrogen) atoms. The lowest BCUT2D eigenvalue weighted by Gasteiger charge is -2.15. The molecule has 0 aliphatic carbocycles. The van der Waals surface area contributed by atoms with Gasteiger partial charge in [0.1, 0.15) is 0 Å². The standard InChI is InChI=1S/C8H14N2O2/c1-9-2-6-4-10(8(11)12)5-7(6)3-9/h6-7H,2-5H2,1H3,(H,11,12). The molecule has 0 aromatic rings. The van der Waals surface area contributed by atoms with Crippen molar-refractivity contribution in [1.29, 1.82) is 0 Å². The van der Waals surface area contributed by atoms with Gasteiger partial charge in [-0.15, -0.1) is 0 Å². The Hall–Kier alpha value is -0.770. The molecule has 2 heterocycles. The van der Waals surface area contributed by atoms with Crippen LogP contribution in [0.4, 0.5) is 4.79 Å². The number of nitrogens with zero attached hydrogens (tertiary/aromatic N) is 2. The van der Waals surface area contributed by atoms with Gasteiger partial charge in [-0.2, -0.15) is 0 Å². The molecule has 2 aliphatic heterocycles. The van der Waals surface area contributed by atoms with E-state index in [4.69, 9.17) is 5.11 Å². The summed E-state index contributed by atoms with van der Waals surface area (Å²) in [7, 11) is 2.10. The van der Waals surface area contributed by atoms with Crippen LogP contribution in [0.25, 0.3) is 0 Å². The van der Waals surface area contributed by atoms with E-state index in [1.165, 1.54) is 0 Å². The summed E-state index contributed by atoms with van der Waals surface area (Å²) in [6.45, 7) is 3.61. The highest BCUT2D eigenvalue weighted by Crippen LogP contribution is 2.29. The summed E-state index contributed by atoms with van der Waals surface area (Å²) in [5, 5.41) is 8.75. The molecular weight excluding hydrogens is 156 g/mol. The van der Waals surface area contributed by atoms with Crippen LogP contribution in [0.1, 0.15) is 0 Å². The largest absolute Gasteiger partial charge is 0.465 e.